The molecule has 3 N–H and O–H groups in total. The molecular weight excluding hydrogens is 248 g/mol. The maximum atomic E-state index is 12.0. The molecule has 0 saturated heterocycles. The third-order valence-corrected chi connectivity index (χ3v) is 3.25. The Kier molecular flexibility index (Phi) is 2.94. The number of hydrogen-bond acceptors (Lipinski definition) is 5. The standard InChI is InChI=1S/C13H16N2O4/c1-2-17-10-3-7(10)13(16)15-9-5-12-11(4-8(9)14)18-6-19-12/h4-5,7,10H,2-3,6,14H2,1H3,(H,15,16). The number of carbonyl (C=O) groups excluding carboxylic acids is 1. The summed E-state index contributed by atoms with van der Waals surface area (Å²) >= 11 is 0. The highest BCUT2D eigenvalue weighted by molar-refractivity contribution is 5.97. The van der Waals surface area contributed by atoms with Gasteiger partial charge in [0, 0.05) is 18.7 Å². The molecule has 0 aromatic heterocycles. The first-order valence-corrected chi connectivity index (χ1v) is 6.30. The third kappa shape index (κ3) is 2.31. The number of ether oxygens (including phenoxy) is 3. The van der Waals surface area contributed by atoms with Crippen LogP contribution in [0, 0.1) is 5.92 Å². The molecule has 6 nitrogen and oxygen atoms in total. The van der Waals surface area contributed by atoms with Crippen LogP contribution in [0.15, 0.2) is 12.1 Å². The molecule has 19 heavy (non-hydrogen) atoms. The zero-order valence-corrected chi connectivity index (χ0v) is 10.6. The van der Waals surface area contributed by atoms with Crippen molar-refractivity contribution in [3.63, 3.8) is 0 Å². The van der Waals surface area contributed by atoms with Crippen LogP contribution in [-0.2, 0) is 9.53 Å². The molecule has 0 radical (unpaired) electrons. The minimum atomic E-state index is -0.0789. The van der Waals surface area contributed by atoms with Crippen LogP contribution in [0.5, 0.6) is 11.5 Å². The number of nitrogens with one attached hydrogen (secondary N) is 1. The lowest BCUT2D eigenvalue weighted by Gasteiger charge is -2.09. The summed E-state index contributed by atoms with van der Waals surface area (Å²) in [5, 5.41) is 2.81. The van der Waals surface area contributed by atoms with Crippen molar-refractivity contribution >= 4 is 17.3 Å². The highest BCUT2D eigenvalue weighted by atomic mass is 16.7. The number of carbonyl (C=O) groups is 1. The van der Waals surface area contributed by atoms with Crippen LogP contribution in [0.1, 0.15) is 13.3 Å². The number of hydrogen-bond donors (Lipinski definition) is 2. The summed E-state index contributed by atoms with van der Waals surface area (Å²) in [4.78, 5) is 12.0. The largest absolute Gasteiger partial charge is 0.454 e. The first-order chi connectivity index (χ1) is 9.19. The predicted octanol–water partition coefficient (Wildman–Crippen LogP) is 1.36. The Balaban J connectivity index is 1.69. The van der Waals surface area contributed by atoms with E-state index < -0.39 is 0 Å². The van der Waals surface area contributed by atoms with Gasteiger partial charge in [-0.15, -0.1) is 0 Å². The maximum absolute atomic E-state index is 12.0. The Morgan fingerprint density at radius 3 is 2.95 bits per heavy atom. The molecular formula is C13H16N2O4. The van der Waals surface area contributed by atoms with Crippen molar-refractivity contribution in [2.45, 2.75) is 19.4 Å². The third-order valence-electron chi connectivity index (χ3n) is 3.25. The summed E-state index contributed by atoms with van der Waals surface area (Å²) in [6, 6.07) is 3.35. The number of nitrogen functional groups attached to an aromatic ring is 1. The Hall–Kier alpha value is -1.95. The van der Waals surface area contributed by atoms with Crippen LogP contribution in [0.4, 0.5) is 11.4 Å². The fourth-order valence-electron chi connectivity index (χ4n) is 2.14. The summed E-state index contributed by atoms with van der Waals surface area (Å²) < 4.78 is 15.9. The summed E-state index contributed by atoms with van der Waals surface area (Å²) in [7, 11) is 0. The molecule has 1 saturated carbocycles. The minimum Gasteiger partial charge on any atom is -0.454 e. The first kappa shape index (κ1) is 12.1. The van der Waals surface area contributed by atoms with E-state index in [4.69, 9.17) is 19.9 Å². The number of anilines is 2. The number of rotatable bonds is 4. The van der Waals surface area contributed by atoms with Crippen LogP contribution in [0.3, 0.4) is 0 Å². The quantitative estimate of drug-likeness (QED) is 0.802. The molecule has 102 valence electrons. The fraction of sp³-hybridized carbons (Fsp3) is 0.462. The summed E-state index contributed by atoms with van der Waals surface area (Å²) in [6.07, 6.45) is 0.810. The molecule has 1 aromatic rings. The number of amides is 1. The van der Waals surface area contributed by atoms with Crippen molar-refractivity contribution in [2.24, 2.45) is 5.92 Å². The molecule has 1 fully saturated rings. The Bertz CT molecular complexity index is 518. The minimum absolute atomic E-state index is 0.0419. The van der Waals surface area contributed by atoms with Gasteiger partial charge < -0.3 is 25.3 Å². The van der Waals surface area contributed by atoms with Gasteiger partial charge in [-0.3, -0.25) is 4.79 Å². The molecule has 2 atom stereocenters. The fourth-order valence-corrected chi connectivity index (χ4v) is 2.14. The molecule has 2 unspecified atom stereocenters. The van der Waals surface area contributed by atoms with Crippen molar-refractivity contribution < 1.29 is 19.0 Å². The number of benzene rings is 1. The molecule has 1 heterocycles. The smallest absolute Gasteiger partial charge is 0.231 e. The second kappa shape index (κ2) is 4.62. The molecule has 1 aromatic carbocycles. The van der Waals surface area contributed by atoms with Crippen LogP contribution >= 0.6 is 0 Å². The van der Waals surface area contributed by atoms with Gasteiger partial charge in [-0.25, -0.2) is 0 Å². The first-order valence-electron chi connectivity index (χ1n) is 6.30. The van der Waals surface area contributed by atoms with E-state index in [-0.39, 0.29) is 24.7 Å². The molecule has 1 aliphatic carbocycles. The molecule has 1 amide bonds. The van der Waals surface area contributed by atoms with Gasteiger partial charge in [-0.2, -0.15) is 0 Å². The Labute approximate surface area is 110 Å². The van der Waals surface area contributed by atoms with Crippen LogP contribution < -0.4 is 20.5 Å². The van der Waals surface area contributed by atoms with Crippen LogP contribution in [0.25, 0.3) is 0 Å². The number of nitrogens with two attached hydrogens (primary N) is 1. The lowest BCUT2D eigenvalue weighted by Crippen LogP contribution is -2.17. The van der Waals surface area contributed by atoms with E-state index in [1.54, 1.807) is 12.1 Å². The van der Waals surface area contributed by atoms with Crippen molar-refractivity contribution in [3.05, 3.63) is 12.1 Å². The molecule has 0 bridgehead atoms. The van der Waals surface area contributed by atoms with Gasteiger partial charge in [0.05, 0.1) is 23.4 Å². The van der Waals surface area contributed by atoms with Gasteiger partial charge in [0.1, 0.15) is 0 Å². The highest BCUT2D eigenvalue weighted by Crippen LogP contribution is 2.40. The summed E-state index contributed by atoms with van der Waals surface area (Å²) in [5.74, 6) is 1.06. The van der Waals surface area contributed by atoms with Gasteiger partial charge in [0.2, 0.25) is 12.7 Å². The van der Waals surface area contributed by atoms with E-state index in [2.05, 4.69) is 5.32 Å². The van der Waals surface area contributed by atoms with E-state index in [9.17, 15) is 4.79 Å². The van der Waals surface area contributed by atoms with Gasteiger partial charge in [0.15, 0.2) is 11.5 Å². The highest BCUT2D eigenvalue weighted by Gasteiger charge is 2.44. The molecule has 0 spiro atoms. The van der Waals surface area contributed by atoms with E-state index in [0.29, 0.717) is 29.5 Å². The SMILES string of the molecule is CCOC1CC1C(=O)Nc1cc2c(cc1N)OCO2. The van der Waals surface area contributed by atoms with Crippen molar-refractivity contribution in [3.8, 4) is 11.5 Å². The molecule has 2 aliphatic rings. The van der Waals surface area contributed by atoms with Gasteiger partial charge in [-0.05, 0) is 13.3 Å². The topological polar surface area (TPSA) is 82.8 Å². The van der Waals surface area contributed by atoms with Crippen molar-refractivity contribution in [1.29, 1.82) is 0 Å². The lowest BCUT2D eigenvalue weighted by molar-refractivity contribution is -0.118. The van der Waals surface area contributed by atoms with Gasteiger partial charge >= 0.3 is 0 Å². The maximum Gasteiger partial charge on any atom is 0.231 e. The summed E-state index contributed by atoms with van der Waals surface area (Å²) in [5.41, 5.74) is 6.89. The zero-order valence-electron chi connectivity index (χ0n) is 10.6. The van der Waals surface area contributed by atoms with E-state index >= 15 is 0 Å². The monoisotopic (exact) mass is 264 g/mol. The zero-order chi connectivity index (χ0) is 13.4. The van der Waals surface area contributed by atoms with Crippen molar-refractivity contribution in [1.82, 2.24) is 0 Å². The average molecular weight is 264 g/mol. The van der Waals surface area contributed by atoms with Crippen LogP contribution in [-0.4, -0.2) is 25.4 Å². The Morgan fingerprint density at radius 2 is 2.21 bits per heavy atom. The normalized spacial score (nSPS) is 23.2. The van der Waals surface area contributed by atoms with Crippen molar-refractivity contribution in [2.75, 3.05) is 24.5 Å². The molecule has 3 rings (SSSR count). The second-order valence-electron chi connectivity index (χ2n) is 4.62. The molecule has 6 heteroatoms. The van der Waals surface area contributed by atoms with E-state index in [1.165, 1.54) is 0 Å². The second-order valence-corrected chi connectivity index (χ2v) is 4.62. The van der Waals surface area contributed by atoms with Gasteiger partial charge in [0.25, 0.3) is 0 Å². The van der Waals surface area contributed by atoms with E-state index in [0.717, 1.165) is 6.42 Å². The summed E-state index contributed by atoms with van der Waals surface area (Å²) in [6.45, 7) is 2.73. The van der Waals surface area contributed by atoms with E-state index in [1.807, 2.05) is 6.92 Å². The lowest BCUT2D eigenvalue weighted by atomic mass is 10.2. The number of fused-ring (bicyclic) bond motifs is 1. The Morgan fingerprint density at radius 1 is 1.47 bits per heavy atom. The predicted molar refractivity (Wildman–Crippen MR) is 69.1 cm³/mol. The molecule has 1 aliphatic heterocycles. The average Bonchev–Trinajstić information content (AvgIpc) is 3.00. The van der Waals surface area contributed by atoms with Crippen LogP contribution in [0.2, 0.25) is 0 Å². The van der Waals surface area contributed by atoms with Gasteiger partial charge in [-0.1, -0.05) is 0 Å².